The zero-order valence-electron chi connectivity index (χ0n) is 13.1. The van der Waals surface area contributed by atoms with Crippen molar-refractivity contribution in [3.05, 3.63) is 41.5 Å². The quantitative estimate of drug-likeness (QED) is 0.639. The summed E-state index contributed by atoms with van der Waals surface area (Å²) in [6.07, 6.45) is 5.28. The number of benzene rings is 1. The highest BCUT2D eigenvalue weighted by molar-refractivity contribution is 5.66. The average molecular weight is 303 g/mol. The van der Waals surface area contributed by atoms with E-state index in [1.165, 1.54) is 11.1 Å². The van der Waals surface area contributed by atoms with Gasteiger partial charge in [-0.1, -0.05) is 50.3 Å². The van der Waals surface area contributed by atoms with Crippen molar-refractivity contribution in [1.82, 2.24) is 0 Å². The van der Waals surface area contributed by atoms with E-state index >= 15 is 0 Å². The maximum Gasteiger partial charge on any atom is 0.278 e. The lowest BCUT2D eigenvalue weighted by Gasteiger charge is -2.41. The third-order valence-corrected chi connectivity index (χ3v) is 5.69. The lowest BCUT2D eigenvalue weighted by atomic mass is 9.63. The number of allylic oxidation sites excluding steroid dienone is 1. The summed E-state index contributed by atoms with van der Waals surface area (Å²) in [6.45, 7) is 4.35. The number of aliphatic hydroxyl groups is 3. The van der Waals surface area contributed by atoms with Crippen LogP contribution in [0.5, 0.6) is 0 Å². The van der Waals surface area contributed by atoms with Crippen LogP contribution in [0.1, 0.15) is 37.8 Å². The molecule has 0 saturated heterocycles. The number of hydrogen-bond donors (Lipinski definition) is 4. The maximum atomic E-state index is 9.55. The van der Waals surface area contributed by atoms with Gasteiger partial charge in [0.1, 0.15) is 0 Å². The lowest BCUT2D eigenvalue weighted by Crippen LogP contribution is -2.44. The second kappa shape index (κ2) is 5.17. The summed E-state index contributed by atoms with van der Waals surface area (Å²) >= 11 is 0. The van der Waals surface area contributed by atoms with Crippen LogP contribution in [0.25, 0.3) is 6.08 Å². The van der Waals surface area contributed by atoms with Gasteiger partial charge in [0, 0.05) is 17.4 Å². The highest BCUT2D eigenvalue weighted by Crippen LogP contribution is 2.53. The van der Waals surface area contributed by atoms with Crippen molar-refractivity contribution in [2.75, 3.05) is 0 Å². The number of hydrogen-bond acceptors (Lipinski definition) is 4. The number of nitrogens with two attached hydrogens (primary N) is 1. The van der Waals surface area contributed by atoms with Gasteiger partial charge < -0.3 is 21.1 Å². The molecule has 4 heteroatoms. The molecule has 0 aromatic heterocycles. The molecule has 0 bridgehead atoms. The van der Waals surface area contributed by atoms with E-state index in [0.717, 1.165) is 0 Å². The van der Waals surface area contributed by atoms with Crippen molar-refractivity contribution < 1.29 is 15.3 Å². The molecular weight excluding hydrogens is 278 g/mol. The van der Waals surface area contributed by atoms with E-state index in [1.807, 2.05) is 12.1 Å². The number of fused-ring (bicyclic) bond motifs is 1. The van der Waals surface area contributed by atoms with Crippen LogP contribution < -0.4 is 5.73 Å². The molecule has 1 fully saturated rings. The summed E-state index contributed by atoms with van der Waals surface area (Å²) in [6, 6.07) is 8.13. The Labute approximate surface area is 131 Å². The molecular formula is C18H25NO3. The molecule has 1 aromatic carbocycles. The molecule has 0 aliphatic heterocycles. The van der Waals surface area contributed by atoms with Crippen molar-refractivity contribution in [2.45, 2.75) is 44.1 Å². The van der Waals surface area contributed by atoms with Crippen LogP contribution in [-0.2, 0) is 5.41 Å². The monoisotopic (exact) mass is 303 g/mol. The van der Waals surface area contributed by atoms with Crippen molar-refractivity contribution in [2.24, 2.45) is 23.5 Å². The van der Waals surface area contributed by atoms with E-state index in [1.54, 1.807) is 0 Å². The van der Waals surface area contributed by atoms with Gasteiger partial charge in [-0.25, -0.2) is 0 Å². The molecule has 0 heterocycles. The second-order valence-electron chi connectivity index (χ2n) is 7.13. The van der Waals surface area contributed by atoms with Gasteiger partial charge >= 0.3 is 0 Å². The van der Waals surface area contributed by atoms with Gasteiger partial charge in [-0.05, 0) is 35.8 Å². The Bertz CT molecular complexity index is 590. The van der Waals surface area contributed by atoms with Gasteiger partial charge in [0.15, 0.2) is 0 Å². The van der Waals surface area contributed by atoms with Crippen LogP contribution in [0.4, 0.5) is 0 Å². The van der Waals surface area contributed by atoms with Crippen LogP contribution in [0.2, 0.25) is 0 Å². The SMILES string of the molecule is CC(C)C1(C2CC(C(O)(O)O)CC2N)C=Cc2ccccc21. The van der Waals surface area contributed by atoms with Crippen molar-refractivity contribution in [3.63, 3.8) is 0 Å². The fourth-order valence-electron chi connectivity index (χ4n) is 4.54. The van der Waals surface area contributed by atoms with Crippen LogP contribution in [0, 0.1) is 17.8 Å². The smallest absolute Gasteiger partial charge is 0.278 e. The first-order chi connectivity index (χ1) is 10.3. The summed E-state index contributed by atoms with van der Waals surface area (Å²) in [5.74, 6) is -2.85. The van der Waals surface area contributed by atoms with E-state index in [0.29, 0.717) is 18.8 Å². The van der Waals surface area contributed by atoms with E-state index in [-0.39, 0.29) is 17.4 Å². The van der Waals surface area contributed by atoms with E-state index in [9.17, 15) is 15.3 Å². The molecule has 4 unspecified atom stereocenters. The summed E-state index contributed by atoms with van der Waals surface area (Å²) in [5.41, 5.74) is 8.61. The zero-order chi connectivity index (χ0) is 16.1. The predicted octanol–water partition coefficient (Wildman–Crippen LogP) is 1.59. The molecule has 2 aliphatic rings. The summed E-state index contributed by atoms with van der Waals surface area (Å²) < 4.78 is 0. The Morgan fingerprint density at radius 2 is 1.86 bits per heavy atom. The molecule has 2 aliphatic carbocycles. The van der Waals surface area contributed by atoms with Crippen LogP contribution in [0.3, 0.4) is 0 Å². The summed E-state index contributed by atoms with van der Waals surface area (Å²) in [7, 11) is 0. The first kappa shape index (κ1) is 15.7. The Hall–Kier alpha value is -1.20. The minimum atomic E-state index is -2.65. The van der Waals surface area contributed by atoms with Crippen molar-refractivity contribution >= 4 is 6.08 Å². The van der Waals surface area contributed by atoms with Gasteiger partial charge in [0.25, 0.3) is 5.97 Å². The largest absolute Gasteiger partial charge is 0.343 e. The predicted molar refractivity (Wildman–Crippen MR) is 85.6 cm³/mol. The normalized spacial score (nSPS) is 34.4. The third kappa shape index (κ3) is 2.22. The van der Waals surface area contributed by atoms with E-state index in [2.05, 4.69) is 38.1 Å². The molecule has 1 aromatic rings. The third-order valence-electron chi connectivity index (χ3n) is 5.69. The van der Waals surface area contributed by atoms with Gasteiger partial charge in [-0.3, -0.25) is 0 Å². The maximum absolute atomic E-state index is 9.55. The van der Waals surface area contributed by atoms with Crippen LogP contribution >= 0.6 is 0 Å². The fraction of sp³-hybridized carbons (Fsp3) is 0.556. The first-order valence-corrected chi connectivity index (χ1v) is 7.98. The van der Waals surface area contributed by atoms with E-state index in [4.69, 9.17) is 5.73 Å². The molecule has 3 rings (SSSR count). The van der Waals surface area contributed by atoms with Gasteiger partial charge in [0.2, 0.25) is 0 Å². The lowest BCUT2D eigenvalue weighted by molar-refractivity contribution is -0.341. The number of rotatable bonds is 3. The molecule has 0 radical (unpaired) electrons. The van der Waals surface area contributed by atoms with Gasteiger partial charge in [-0.2, -0.15) is 0 Å². The Balaban J connectivity index is 2.03. The molecule has 22 heavy (non-hydrogen) atoms. The Morgan fingerprint density at radius 3 is 2.45 bits per heavy atom. The van der Waals surface area contributed by atoms with Gasteiger partial charge in [-0.15, -0.1) is 0 Å². The topological polar surface area (TPSA) is 86.7 Å². The highest BCUT2D eigenvalue weighted by Gasteiger charge is 2.53. The second-order valence-corrected chi connectivity index (χ2v) is 7.13. The fourth-order valence-corrected chi connectivity index (χ4v) is 4.54. The Kier molecular flexibility index (Phi) is 3.68. The van der Waals surface area contributed by atoms with Crippen molar-refractivity contribution in [3.8, 4) is 0 Å². The minimum absolute atomic E-state index is 0.0724. The average Bonchev–Trinajstić information content (AvgIpc) is 3.00. The molecule has 4 atom stereocenters. The zero-order valence-corrected chi connectivity index (χ0v) is 13.1. The Morgan fingerprint density at radius 1 is 1.18 bits per heavy atom. The summed E-state index contributed by atoms with van der Waals surface area (Å²) in [4.78, 5) is 0. The minimum Gasteiger partial charge on any atom is -0.343 e. The molecule has 1 saturated carbocycles. The first-order valence-electron chi connectivity index (χ1n) is 7.98. The standard InChI is InChI=1S/C18H25NO3/c1-11(2)17(8-7-12-5-3-4-6-14(12)17)15-9-13(10-16(15)19)18(20,21)22/h3-8,11,13,15-16,20-22H,9-10,19H2,1-2H3. The van der Waals surface area contributed by atoms with Crippen molar-refractivity contribution in [1.29, 1.82) is 0 Å². The molecule has 0 spiro atoms. The molecule has 4 nitrogen and oxygen atoms in total. The summed E-state index contributed by atoms with van der Waals surface area (Å²) in [5, 5.41) is 28.7. The van der Waals surface area contributed by atoms with Gasteiger partial charge in [0.05, 0.1) is 0 Å². The molecule has 5 N–H and O–H groups in total. The van der Waals surface area contributed by atoms with Crippen LogP contribution in [0.15, 0.2) is 30.3 Å². The van der Waals surface area contributed by atoms with E-state index < -0.39 is 11.9 Å². The van der Waals surface area contributed by atoms with Crippen LogP contribution in [-0.4, -0.2) is 27.3 Å². The molecule has 120 valence electrons. The molecule has 0 amide bonds. The highest BCUT2D eigenvalue weighted by atomic mass is 16.7.